The van der Waals surface area contributed by atoms with Gasteiger partial charge < -0.3 is 11.1 Å². The highest BCUT2D eigenvalue weighted by molar-refractivity contribution is 7.80. The molecule has 3 nitrogen and oxygen atoms in total. The van der Waals surface area contributed by atoms with E-state index in [1.807, 2.05) is 0 Å². The molecule has 114 valence electrons. The van der Waals surface area contributed by atoms with Gasteiger partial charge in [-0.1, -0.05) is 63.6 Å². The topological polar surface area (TPSA) is 55.1 Å². The molecule has 2 rings (SSSR count). The Balaban J connectivity index is 1.81. The molecule has 0 atom stereocenters. The van der Waals surface area contributed by atoms with Gasteiger partial charge in [-0.3, -0.25) is 4.79 Å². The predicted molar refractivity (Wildman–Crippen MR) is 86.5 cm³/mol. The zero-order chi connectivity index (χ0) is 14.4. The average molecular weight is 296 g/mol. The van der Waals surface area contributed by atoms with Gasteiger partial charge in [0.15, 0.2) is 0 Å². The number of carbonyl (C=O) groups excluding carboxylic acids is 1. The second-order valence-electron chi connectivity index (χ2n) is 6.56. The molecule has 1 amide bonds. The summed E-state index contributed by atoms with van der Waals surface area (Å²) in [5.74, 6) is 0.886. The summed E-state index contributed by atoms with van der Waals surface area (Å²) in [5, 5.41) is 3.12. The summed E-state index contributed by atoms with van der Waals surface area (Å²) in [6.07, 6.45) is 12.8. The minimum absolute atomic E-state index is 0.0838. The van der Waals surface area contributed by atoms with Gasteiger partial charge in [-0.25, -0.2) is 0 Å². The fourth-order valence-electron chi connectivity index (χ4n) is 3.78. The lowest BCUT2D eigenvalue weighted by Crippen LogP contribution is -2.50. The number of nitrogens with one attached hydrogen (secondary N) is 1. The Labute approximate surface area is 128 Å². The molecule has 0 unspecified atom stereocenters. The van der Waals surface area contributed by atoms with E-state index in [0.717, 1.165) is 44.6 Å². The van der Waals surface area contributed by atoms with E-state index in [0.29, 0.717) is 4.99 Å². The number of nitrogens with two attached hydrogens (primary N) is 1. The highest BCUT2D eigenvalue weighted by Gasteiger charge is 2.42. The Kier molecular flexibility index (Phi) is 5.82. The Morgan fingerprint density at radius 1 is 1.10 bits per heavy atom. The molecule has 0 bridgehead atoms. The Morgan fingerprint density at radius 2 is 1.70 bits per heavy atom. The Morgan fingerprint density at radius 3 is 2.30 bits per heavy atom. The lowest BCUT2D eigenvalue weighted by atomic mass is 9.73. The van der Waals surface area contributed by atoms with Crippen molar-refractivity contribution in [2.75, 3.05) is 6.54 Å². The molecule has 0 aromatic carbocycles. The molecular weight excluding hydrogens is 268 g/mol. The molecule has 3 N–H and O–H groups in total. The van der Waals surface area contributed by atoms with Crippen LogP contribution in [0.1, 0.15) is 70.6 Å². The molecule has 2 aliphatic rings. The lowest BCUT2D eigenvalue weighted by Gasteiger charge is -2.35. The first-order chi connectivity index (χ1) is 9.65. The van der Waals surface area contributed by atoms with Crippen LogP contribution in [-0.4, -0.2) is 17.4 Å². The third-order valence-electron chi connectivity index (χ3n) is 5.18. The van der Waals surface area contributed by atoms with Crippen molar-refractivity contribution in [3.05, 3.63) is 0 Å². The van der Waals surface area contributed by atoms with Gasteiger partial charge in [0.1, 0.15) is 0 Å². The minimum Gasteiger partial charge on any atom is -0.392 e. The molecule has 0 aromatic rings. The highest BCUT2D eigenvalue weighted by atomic mass is 32.1. The normalized spacial score (nSPS) is 23.2. The summed E-state index contributed by atoms with van der Waals surface area (Å²) in [6.45, 7) is 0.786. The number of amides is 1. The number of thiocarbonyl (C=S) groups is 1. The van der Waals surface area contributed by atoms with Crippen molar-refractivity contribution >= 4 is 23.1 Å². The van der Waals surface area contributed by atoms with E-state index in [4.69, 9.17) is 18.0 Å². The summed E-state index contributed by atoms with van der Waals surface area (Å²) in [6, 6.07) is 0. The lowest BCUT2D eigenvalue weighted by molar-refractivity contribution is -0.128. The number of carbonyl (C=O) groups is 1. The molecule has 0 radical (unpaired) electrons. The summed E-state index contributed by atoms with van der Waals surface area (Å²) in [7, 11) is 0. The fourth-order valence-corrected chi connectivity index (χ4v) is 4.07. The maximum atomic E-state index is 12.5. The van der Waals surface area contributed by atoms with Gasteiger partial charge in [0.25, 0.3) is 0 Å². The Hall–Kier alpha value is -0.640. The van der Waals surface area contributed by atoms with Crippen molar-refractivity contribution in [3.63, 3.8) is 0 Å². The van der Waals surface area contributed by atoms with Crippen molar-refractivity contribution in [2.45, 2.75) is 70.6 Å². The maximum absolute atomic E-state index is 12.5. The molecule has 2 fully saturated rings. The Bertz CT molecular complexity index is 344. The van der Waals surface area contributed by atoms with Gasteiger partial charge in [0.2, 0.25) is 5.91 Å². The van der Waals surface area contributed by atoms with Gasteiger partial charge in [0, 0.05) is 6.54 Å². The molecule has 0 heterocycles. The van der Waals surface area contributed by atoms with Gasteiger partial charge in [-0.15, -0.1) is 0 Å². The molecule has 0 aliphatic heterocycles. The number of hydrogen-bond acceptors (Lipinski definition) is 2. The van der Waals surface area contributed by atoms with Crippen LogP contribution in [0.2, 0.25) is 0 Å². The van der Waals surface area contributed by atoms with Gasteiger partial charge in [0.05, 0.1) is 10.4 Å². The third-order valence-corrected chi connectivity index (χ3v) is 5.57. The van der Waals surface area contributed by atoms with Crippen LogP contribution in [0, 0.1) is 11.3 Å². The van der Waals surface area contributed by atoms with E-state index >= 15 is 0 Å². The van der Waals surface area contributed by atoms with Crippen LogP contribution in [0.25, 0.3) is 0 Å². The third kappa shape index (κ3) is 3.72. The first kappa shape index (κ1) is 15.7. The van der Waals surface area contributed by atoms with E-state index in [9.17, 15) is 4.79 Å². The molecular formula is C16H28N2OS. The highest BCUT2D eigenvalue weighted by Crippen LogP contribution is 2.37. The molecule has 2 aliphatic carbocycles. The van der Waals surface area contributed by atoms with Crippen LogP contribution < -0.4 is 11.1 Å². The van der Waals surface area contributed by atoms with E-state index in [1.54, 1.807) is 0 Å². The monoisotopic (exact) mass is 296 g/mol. The van der Waals surface area contributed by atoms with Crippen LogP contribution >= 0.6 is 12.2 Å². The van der Waals surface area contributed by atoms with Crippen molar-refractivity contribution in [3.8, 4) is 0 Å². The van der Waals surface area contributed by atoms with Crippen LogP contribution in [0.3, 0.4) is 0 Å². The van der Waals surface area contributed by atoms with E-state index in [1.165, 1.54) is 38.5 Å². The molecule has 0 spiro atoms. The summed E-state index contributed by atoms with van der Waals surface area (Å²) in [4.78, 5) is 12.9. The second kappa shape index (κ2) is 7.39. The van der Waals surface area contributed by atoms with Crippen molar-refractivity contribution in [2.24, 2.45) is 17.1 Å². The van der Waals surface area contributed by atoms with Crippen molar-refractivity contribution in [1.29, 1.82) is 0 Å². The van der Waals surface area contributed by atoms with Crippen LogP contribution in [0.15, 0.2) is 0 Å². The number of rotatable bonds is 5. The molecule has 0 saturated heterocycles. The van der Waals surface area contributed by atoms with Gasteiger partial charge in [-0.2, -0.15) is 0 Å². The smallest absolute Gasteiger partial charge is 0.233 e. The molecule has 4 heteroatoms. The van der Waals surface area contributed by atoms with E-state index in [-0.39, 0.29) is 5.91 Å². The first-order valence-corrected chi connectivity index (χ1v) is 8.64. The molecule has 0 aromatic heterocycles. The maximum Gasteiger partial charge on any atom is 0.233 e. The SMILES string of the molecule is NC(=S)C1(C(=O)NCCC2CCCCC2)CCCCC1. The summed E-state index contributed by atoms with van der Waals surface area (Å²) < 4.78 is 0. The zero-order valence-electron chi connectivity index (χ0n) is 12.5. The predicted octanol–water partition coefficient (Wildman–Crippen LogP) is 3.31. The van der Waals surface area contributed by atoms with Crippen molar-refractivity contribution in [1.82, 2.24) is 5.32 Å². The molecule has 2 saturated carbocycles. The standard InChI is InChI=1S/C16H28N2OS/c17-14(20)16(10-5-2-6-11-16)15(19)18-12-9-13-7-3-1-4-8-13/h13H,1-12H2,(H2,17,20)(H,18,19). The molecule has 20 heavy (non-hydrogen) atoms. The second-order valence-corrected chi connectivity index (χ2v) is 7.00. The summed E-state index contributed by atoms with van der Waals surface area (Å²) >= 11 is 5.20. The zero-order valence-corrected chi connectivity index (χ0v) is 13.3. The first-order valence-electron chi connectivity index (χ1n) is 8.23. The number of hydrogen-bond donors (Lipinski definition) is 2. The minimum atomic E-state index is -0.555. The average Bonchev–Trinajstić information content (AvgIpc) is 2.48. The van der Waals surface area contributed by atoms with Gasteiger partial charge >= 0.3 is 0 Å². The van der Waals surface area contributed by atoms with Crippen molar-refractivity contribution < 1.29 is 4.79 Å². The largest absolute Gasteiger partial charge is 0.392 e. The van der Waals surface area contributed by atoms with E-state index in [2.05, 4.69) is 5.32 Å². The van der Waals surface area contributed by atoms with E-state index < -0.39 is 5.41 Å². The van der Waals surface area contributed by atoms with Crippen LogP contribution in [0.4, 0.5) is 0 Å². The summed E-state index contributed by atoms with van der Waals surface area (Å²) in [5.41, 5.74) is 5.33. The van der Waals surface area contributed by atoms with Crippen LogP contribution in [-0.2, 0) is 4.79 Å². The quantitative estimate of drug-likeness (QED) is 0.765. The van der Waals surface area contributed by atoms with Gasteiger partial charge in [-0.05, 0) is 25.2 Å². The van der Waals surface area contributed by atoms with Crippen LogP contribution in [0.5, 0.6) is 0 Å². The fraction of sp³-hybridized carbons (Fsp3) is 0.875.